The Hall–Kier alpha value is -4.97. The SMILES string of the molecule is Cn1cc(C#Cc2cc(Nc3ccnc(-c4cnn(S(=O)(=O)C5CC5)c4)n3)ncc2-c2cnn(C(F)F)c2)cn1. The molecule has 0 amide bonds. The smallest absolute Gasteiger partial charge is 0.325 e. The van der Waals surface area contributed by atoms with Crippen LogP contribution in [0, 0.1) is 11.8 Å². The van der Waals surface area contributed by atoms with Crippen molar-refractivity contribution >= 4 is 21.7 Å². The fourth-order valence-electron chi connectivity index (χ4n) is 3.84. The van der Waals surface area contributed by atoms with Gasteiger partial charge in [-0.05, 0) is 25.0 Å². The molecule has 5 aromatic heterocycles. The maximum Gasteiger partial charge on any atom is 0.333 e. The zero-order valence-electron chi connectivity index (χ0n) is 20.8. The van der Waals surface area contributed by atoms with Crippen LogP contribution >= 0.6 is 0 Å². The van der Waals surface area contributed by atoms with Gasteiger partial charge in [-0.1, -0.05) is 11.8 Å². The lowest BCUT2D eigenvalue weighted by Crippen LogP contribution is -2.17. The van der Waals surface area contributed by atoms with E-state index in [0.29, 0.717) is 57.0 Å². The van der Waals surface area contributed by atoms with Crippen LogP contribution in [0.2, 0.25) is 0 Å². The van der Waals surface area contributed by atoms with E-state index >= 15 is 0 Å². The number of aromatic nitrogens is 9. The summed E-state index contributed by atoms with van der Waals surface area (Å²) < 4.78 is 54.3. The molecule has 0 aromatic carbocycles. The number of nitrogens with one attached hydrogen (secondary N) is 1. The molecule has 1 aliphatic carbocycles. The Morgan fingerprint density at radius 2 is 1.80 bits per heavy atom. The monoisotopic (exact) mass is 562 g/mol. The third-order valence-corrected chi connectivity index (χ3v) is 8.03. The summed E-state index contributed by atoms with van der Waals surface area (Å²) in [5.41, 5.74) is 2.57. The van der Waals surface area contributed by atoms with Crippen LogP contribution in [-0.4, -0.2) is 57.4 Å². The molecule has 6 rings (SSSR count). The molecule has 5 aromatic rings. The maximum atomic E-state index is 13.1. The van der Waals surface area contributed by atoms with Crippen LogP contribution in [0.3, 0.4) is 0 Å². The van der Waals surface area contributed by atoms with Gasteiger partial charge in [0.2, 0.25) is 0 Å². The van der Waals surface area contributed by atoms with Gasteiger partial charge in [0.05, 0.1) is 41.2 Å². The molecule has 12 nitrogen and oxygen atoms in total. The number of nitrogens with zero attached hydrogens (tertiary/aromatic N) is 9. The van der Waals surface area contributed by atoms with Crippen LogP contribution in [0.15, 0.2) is 61.7 Å². The predicted molar refractivity (Wildman–Crippen MR) is 140 cm³/mol. The van der Waals surface area contributed by atoms with Crippen molar-refractivity contribution in [3.63, 3.8) is 0 Å². The third-order valence-electron chi connectivity index (χ3n) is 6.00. The van der Waals surface area contributed by atoms with Gasteiger partial charge in [-0.15, -0.1) is 0 Å². The Kier molecular flexibility index (Phi) is 6.31. The van der Waals surface area contributed by atoms with E-state index in [1.807, 2.05) is 0 Å². The first-order chi connectivity index (χ1) is 19.3. The molecule has 5 heterocycles. The first-order valence-electron chi connectivity index (χ1n) is 12.0. The molecule has 0 atom stereocenters. The van der Waals surface area contributed by atoms with E-state index in [1.54, 1.807) is 36.3 Å². The van der Waals surface area contributed by atoms with E-state index in [-0.39, 0.29) is 5.82 Å². The average Bonchev–Trinajstić information content (AvgIpc) is 3.30. The molecular weight excluding hydrogens is 542 g/mol. The van der Waals surface area contributed by atoms with Gasteiger partial charge in [-0.25, -0.2) is 28.1 Å². The Morgan fingerprint density at radius 1 is 0.975 bits per heavy atom. The minimum Gasteiger partial charge on any atom is -0.325 e. The van der Waals surface area contributed by atoms with Crippen LogP contribution in [0.1, 0.15) is 30.5 Å². The highest BCUT2D eigenvalue weighted by molar-refractivity contribution is 7.90. The summed E-state index contributed by atoms with van der Waals surface area (Å²) >= 11 is 0. The minimum atomic E-state index is -3.51. The second-order valence-corrected chi connectivity index (χ2v) is 11.1. The Balaban J connectivity index is 1.30. The van der Waals surface area contributed by atoms with Crippen molar-refractivity contribution in [1.82, 2.24) is 43.7 Å². The van der Waals surface area contributed by atoms with Gasteiger partial charge >= 0.3 is 6.55 Å². The first-order valence-corrected chi connectivity index (χ1v) is 13.5. The van der Waals surface area contributed by atoms with Crippen LogP contribution < -0.4 is 5.32 Å². The summed E-state index contributed by atoms with van der Waals surface area (Å²) in [6, 6.07) is 3.29. The van der Waals surface area contributed by atoms with Gasteiger partial charge < -0.3 is 5.32 Å². The number of alkyl halides is 2. The number of hydrogen-bond donors (Lipinski definition) is 1. The summed E-state index contributed by atoms with van der Waals surface area (Å²) in [5.74, 6) is 7.14. The topological polar surface area (TPSA) is 138 Å². The van der Waals surface area contributed by atoms with E-state index in [0.717, 1.165) is 4.09 Å². The number of pyridine rings is 1. The molecule has 0 radical (unpaired) electrons. The molecule has 15 heteroatoms. The molecule has 40 heavy (non-hydrogen) atoms. The number of rotatable bonds is 7. The maximum absolute atomic E-state index is 13.1. The zero-order chi connectivity index (χ0) is 27.9. The number of halogens is 2. The van der Waals surface area contributed by atoms with E-state index in [9.17, 15) is 17.2 Å². The lowest BCUT2D eigenvalue weighted by molar-refractivity contribution is 0.0566. The summed E-state index contributed by atoms with van der Waals surface area (Å²) in [4.78, 5) is 13.1. The average molecular weight is 563 g/mol. The highest BCUT2D eigenvalue weighted by Gasteiger charge is 2.37. The van der Waals surface area contributed by atoms with Crippen LogP contribution in [-0.2, 0) is 17.1 Å². The molecular formula is C25H20F2N10O2S. The second-order valence-electron chi connectivity index (χ2n) is 8.99. The van der Waals surface area contributed by atoms with Crippen molar-refractivity contribution in [1.29, 1.82) is 0 Å². The fourth-order valence-corrected chi connectivity index (χ4v) is 5.32. The third kappa shape index (κ3) is 5.16. The van der Waals surface area contributed by atoms with Gasteiger partial charge in [-0.2, -0.15) is 28.2 Å². The summed E-state index contributed by atoms with van der Waals surface area (Å²) in [6.45, 7) is -2.78. The van der Waals surface area contributed by atoms with Gasteiger partial charge in [0.15, 0.2) is 5.82 Å². The number of aryl methyl sites for hydroxylation is 1. The Morgan fingerprint density at radius 3 is 2.52 bits per heavy atom. The molecule has 1 aliphatic rings. The molecule has 0 saturated heterocycles. The second kappa shape index (κ2) is 9.97. The predicted octanol–water partition coefficient (Wildman–Crippen LogP) is 3.21. The lowest BCUT2D eigenvalue weighted by atomic mass is 10.1. The normalized spacial score (nSPS) is 13.3. The quantitative estimate of drug-likeness (QED) is 0.296. The van der Waals surface area contributed by atoms with E-state index in [1.165, 1.54) is 37.2 Å². The standard InChI is InChI=1S/C25H20F2N10O2S/c1-35-13-16(9-30-35)2-3-17-8-23(29-12-21(17)18-10-31-36(14-18)25(26)27)33-22-6-7-28-24(34-22)19-11-32-37(15-19)40(38,39)20-4-5-20/h6-15,20,25H,4-5H2,1H3,(H,28,29,33,34). The molecule has 1 saturated carbocycles. The van der Waals surface area contributed by atoms with E-state index in [4.69, 9.17) is 0 Å². The molecule has 0 bridgehead atoms. The van der Waals surface area contributed by atoms with Crippen LogP contribution in [0.25, 0.3) is 22.5 Å². The summed E-state index contributed by atoms with van der Waals surface area (Å²) in [6.07, 6.45) is 13.0. The Labute approximate surface area is 226 Å². The van der Waals surface area contributed by atoms with Crippen LogP contribution in [0.5, 0.6) is 0 Å². The van der Waals surface area contributed by atoms with Crippen LogP contribution in [0.4, 0.5) is 20.4 Å². The first kappa shape index (κ1) is 25.3. The lowest BCUT2D eigenvalue weighted by Gasteiger charge is -2.08. The minimum absolute atomic E-state index is 0.273. The van der Waals surface area contributed by atoms with Gasteiger partial charge in [0, 0.05) is 48.5 Å². The number of anilines is 2. The van der Waals surface area contributed by atoms with Crippen molar-refractivity contribution in [3.8, 4) is 34.4 Å². The molecule has 1 N–H and O–H groups in total. The number of hydrogen-bond acceptors (Lipinski definition) is 9. The van der Waals surface area contributed by atoms with Gasteiger partial charge in [-0.3, -0.25) is 4.68 Å². The van der Waals surface area contributed by atoms with Crippen molar-refractivity contribution in [2.45, 2.75) is 24.6 Å². The highest BCUT2D eigenvalue weighted by atomic mass is 32.2. The van der Waals surface area contributed by atoms with Crippen molar-refractivity contribution in [3.05, 3.63) is 72.8 Å². The van der Waals surface area contributed by atoms with Crippen molar-refractivity contribution < 1.29 is 17.2 Å². The fraction of sp³-hybridized carbons (Fsp3) is 0.200. The molecule has 1 fully saturated rings. The zero-order valence-corrected chi connectivity index (χ0v) is 21.7. The van der Waals surface area contributed by atoms with Crippen molar-refractivity contribution in [2.75, 3.05) is 5.32 Å². The van der Waals surface area contributed by atoms with E-state index < -0.39 is 21.8 Å². The molecule has 0 spiro atoms. The van der Waals surface area contributed by atoms with E-state index in [2.05, 4.69) is 47.4 Å². The van der Waals surface area contributed by atoms with Crippen molar-refractivity contribution in [2.24, 2.45) is 7.05 Å². The summed E-state index contributed by atoms with van der Waals surface area (Å²) in [7, 11) is -1.74. The van der Waals surface area contributed by atoms with Gasteiger partial charge in [0.25, 0.3) is 10.0 Å². The highest BCUT2D eigenvalue weighted by Crippen LogP contribution is 2.30. The largest absolute Gasteiger partial charge is 0.333 e. The summed E-state index contributed by atoms with van der Waals surface area (Å²) in [5, 5.41) is 14.5. The molecule has 202 valence electrons. The molecule has 0 aliphatic heterocycles. The molecule has 0 unspecified atom stereocenters. The Bertz CT molecular complexity index is 1880. The van der Waals surface area contributed by atoms with Gasteiger partial charge in [0.1, 0.15) is 11.6 Å².